The van der Waals surface area contributed by atoms with Gasteiger partial charge in [-0.2, -0.15) is 0 Å². The van der Waals surface area contributed by atoms with E-state index in [1.165, 1.54) is 6.26 Å². The molecule has 6 nitrogen and oxygen atoms in total. The molecule has 0 radical (unpaired) electrons. The van der Waals surface area contributed by atoms with E-state index in [1.807, 2.05) is 17.0 Å². The molecule has 1 aromatic rings. The lowest BCUT2D eigenvalue weighted by Gasteiger charge is -2.33. The molecule has 1 unspecified atom stereocenters. The predicted octanol–water partition coefficient (Wildman–Crippen LogP) is 1.14. The Kier molecular flexibility index (Phi) is 5.20. The summed E-state index contributed by atoms with van der Waals surface area (Å²) >= 11 is 0. The van der Waals surface area contributed by atoms with Crippen molar-refractivity contribution in [1.82, 2.24) is 14.2 Å². The highest BCUT2D eigenvalue weighted by Crippen LogP contribution is 2.32. The molecule has 132 valence electrons. The summed E-state index contributed by atoms with van der Waals surface area (Å²) in [6.07, 6.45) is 7.98. The van der Waals surface area contributed by atoms with Gasteiger partial charge in [-0.1, -0.05) is 6.07 Å². The van der Waals surface area contributed by atoms with Crippen LogP contribution in [0.3, 0.4) is 0 Å². The van der Waals surface area contributed by atoms with Crippen LogP contribution in [0.1, 0.15) is 24.8 Å². The van der Waals surface area contributed by atoms with Crippen LogP contribution in [-0.2, 0) is 21.2 Å². The first-order chi connectivity index (χ1) is 11.4. The van der Waals surface area contributed by atoms with Gasteiger partial charge in [0.25, 0.3) is 0 Å². The summed E-state index contributed by atoms with van der Waals surface area (Å²) < 4.78 is 24.8. The van der Waals surface area contributed by atoms with E-state index in [-0.39, 0.29) is 5.91 Å². The van der Waals surface area contributed by atoms with Crippen molar-refractivity contribution in [3.63, 3.8) is 0 Å². The first kappa shape index (κ1) is 17.4. The molecule has 1 aromatic heterocycles. The smallest absolute Gasteiger partial charge is 0.227 e. The topological polar surface area (TPSA) is 70.6 Å². The van der Waals surface area contributed by atoms with E-state index in [1.54, 1.807) is 16.7 Å². The number of aromatic nitrogens is 1. The van der Waals surface area contributed by atoms with Gasteiger partial charge < -0.3 is 4.90 Å². The summed E-state index contributed by atoms with van der Waals surface area (Å²) in [4.78, 5) is 18.5. The maximum absolute atomic E-state index is 12.4. The molecule has 2 aliphatic rings. The number of nitrogens with zero attached hydrogens (tertiary/aromatic N) is 3. The van der Waals surface area contributed by atoms with Gasteiger partial charge in [0.05, 0.1) is 12.7 Å². The third-order valence-corrected chi connectivity index (χ3v) is 6.59. The second-order valence-electron chi connectivity index (χ2n) is 6.93. The molecule has 2 fully saturated rings. The van der Waals surface area contributed by atoms with Crippen LogP contribution in [0.4, 0.5) is 0 Å². The summed E-state index contributed by atoms with van der Waals surface area (Å²) in [7, 11) is -3.07. The van der Waals surface area contributed by atoms with Crippen molar-refractivity contribution in [2.45, 2.75) is 25.7 Å². The molecule has 0 bridgehead atoms. The Labute approximate surface area is 143 Å². The summed E-state index contributed by atoms with van der Waals surface area (Å²) in [5, 5.41) is 0. The van der Waals surface area contributed by atoms with Crippen LogP contribution >= 0.6 is 0 Å². The molecule has 7 heteroatoms. The summed E-state index contributed by atoms with van der Waals surface area (Å²) in [5.41, 5.74) is 0.951. The number of rotatable bonds is 4. The van der Waals surface area contributed by atoms with Crippen molar-refractivity contribution in [2.75, 3.05) is 32.4 Å². The second kappa shape index (κ2) is 7.19. The molecule has 1 atom stereocenters. The second-order valence-corrected chi connectivity index (χ2v) is 8.91. The number of amides is 1. The van der Waals surface area contributed by atoms with E-state index in [0.717, 1.165) is 37.9 Å². The lowest BCUT2D eigenvalue weighted by atomic mass is 9.84. The highest BCUT2D eigenvalue weighted by molar-refractivity contribution is 7.88. The Hall–Kier alpha value is -1.47. The molecule has 3 heterocycles. The van der Waals surface area contributed by atoms with Crippen LogP contribution in [0.2, 0.25) is 0 Å². The van der Waals surface area contributed by atoms with Crippen molar-refractivity contribution in [2.24, 2.45) is 11.8 Å². The van der Waals surface area contributed by atoms with E-state index < -0.39 is 10.0 Å². The maximum atomic E-state index is 12.4. The molecule has 0 aliphatic carbocycles. The third-order valence-electron chi connectivity index (χ3n) is 5.29. The highest BCUT2D eigenvalue weighted by atomic mass is 32.2. The normalized spacial score (nSPS) is 23.5. The fourth-order valence-corrected chi connectivity index (χ4v) is 4.74. The summed E-state index contributed by atoms with van der Waals surface area (Å²) in [6, 6.07) is 3.78. The van der Waals surface area contributed by atoms with Gasteiger partial charge in [-0.25, -0.2) is 12.7 Å². The molecular formula is C17H25N3O3S. The third kappa shape index (κ3) is 4.13. The Morgan fingerprint density at radius 3 is 2.54 bits per heavy atom. The van der Waals surface area contributed by atoms with Gasteiger partial charge >= 0.3 is 0 Å². The minimum absolute atomic E-state index is 0.166. The van der Waals surface area contributed by atoms with Crippen molar-refractivity contribution in [1.29, 1.82) is 0 Å². The summed E-state index contributed by atoms with van der Waals surface area (Å²) in [6.45, 7) is 2.85. The molecule has 0 N–H and O–H groups in total. The lowest BCUT2D eigenvalue weighted by molar-refractivity contribution is -0.129. The Bertz CT molecular complexity index is 670. The number of sulfonamides is 1. The van der Waals surface area contributed by atoms with E-state index in [4.69, 9.17) is 0 Å². The van der Waals surface area contributed by atoms with Gasteiger partial charge in [-0.3, -0.25) is 9.78 Å². The Morgan fingerprint density at radius 1 is 1.21 bits per heavy atom. The largest absolute Gasteiger partial charge is 0.342 e. The maximum Gasteiger partial charge on any atom is 0.227 e. The van der Waals surface area contributed by atoms with E-state index in [9.17, 15) is 13.2 Å². The van der Waals surface area contributed by atoms with Crippen molar-refractivity contribution < 1.29 is 13.2 Å². The Morgan fingerprint density at radius 2 is 1.92 bits per heavy atom. The first-order valence-corrected chi connectivity index (χ1v) is 10.4. The number of pyridine rings is 1. The standard InChI is InChI=1S/C17H25N3O3S/c1-24(22,23)20-9-5-15(6-10-20)16-4-8-19(13-16)17(21)11-14-3-2-7-18-12-14/h2-3,7,12,15-16H,4-6,8-11,13H2,1H3. The van der Waals surface area contributed by atoms with E-state index in [2.05, 4.69) is 4.98 Å². The van der Waals surface area contributed by atoms with Crippen LogP contribution < -0.4 is 0 Å². The zero-order valence-corrected chi connectivity index (χ0v) is 14.9. The van der Waals surface area contributed by atoms with Crippen LogP contribution in [-0.4, -0.2) is 60.9 Å². The Balaban J connectivity index is 1.50. The van der Waals surface area contributed by atoms with Crippen molar-refractivity contribution in [3.8, 4) is 0 Å². The number of carbonyl (C=O) groups excluding carboxylic acids is 1. The zero-order valence-electron chi connectivity index (χ0n) is 14.1. The van der Waals surface area contributed by atoms with E-state index >= 15 is 0 Å². The van der Waals surface area contributed by atoms with Crippen LogP contribution in [0.5, 0.6) is 0 Å². The number of likely N-dealkylation sites (tertiary alicyclic amines) is 1. The molecule has 0 spiro atoms. The minimum Gasteiger partial charge on any atom is -0.342 e. The molecule has 2 saturated heterocycles. The fraction of sp³-hybridized carbons (Fsp3) is 0.647. The number of carbonyl (C=O) groups is 1. The SMILES string of the molecule is CS(=O)(=O)N1CCC(C2CCN(C(=O)Cc3cccnc3)C2)CC1. The fourth-order valence-electron chi connectivity index (χ4n) is 3.87. The monoisotopic (exact) mass is 351 g/mol. The van der Waals surface area contributed by atoms with E-state index in [0.29, 0.717) is 31.3 Å². The minimum atomic E-state index is -3.07. The predicted molar refractivity (Wildman–Crippen MR) is 91.8 cm³/mol. The molecular weight excluding hydrogens is 326 g/mol. The number of piperidine rings is 1. The average Bonchev–Trinajstić information content (AvgIpc) is 3.05. The number of hydrogen-bond acceptors (Lipinski definition) is 4. The van der Waals surface area contributed by atoms with Gasteiger partial charge in [0, 0.05) is 38.6 Å². The van der Waals surface area contributed by atoms with Crippen LogP contribution in [0.15, 0.2) is 24.5 Å². The van der Waals surface area contributed by atoms with Gasteiger partial charge in [0.2, 0.25) is 15.9 Å². The molecule has 2 aliphatic heterocycles. The average molecular weight is 351 g/mol. The molecule has 0 aromatic carbocycles. The first-order valence-electron chi connectivity index (χ1n) is 8.55. The molecule has 3 rings (SSSR count). The van der Waals surface area contributed by atoms with Gasteiger partial charge in [-0.05, 0) is 42.7 Å². The van der Waals surface area contributed by atoms with Crippen molar-refractivity contribution in [3.05, 3.63) is 30.1 Å². The zero-order chi connectivity index (χ0) is 17.2. The lowest BCUT2D eigenvalue weighted by Crippen LogP contribution is -2.40. The number of hydrogen-bond donors (Lipinski definition) is 0. The quantitative estimate of drug-likeness (QED) is 0.816. The highest BCUT2D eigenvalue weighted by Gasteiger charge is 2.35. The molecule has 1 amide bonds. The molecule has 0 saturated carbocycles. The van der Waals surface area contributed by atoms with Gasteiger partial charge in [-0.15, -0.1) is 0 Å². The molecule has 24 heavy (non-hydrogen) atoms. The van der Waals surface area contributed by atoms with Gasteiger partial charge in [0.1, 0.15) is 0 Å². The van der Waals surface area contributed by atoms with Gasteiger partial charge in [0.15, 0.2) is 0 Å². The van der Waals surface area contributed by atoms with Crippen LogP contribution in [0.25, 0.3) is 0 Å². The van der Waals surface area contributed by atoms with Crippen LogP contribution in [0, 0.1) is 11.8 Å². The summed E-state index contributed by atoms with van der Waals surface area (Å²) in [5.74, 6) is 1.20. The van der Waals surface area contributed by atoms with Crippen molar-refractivity contribution >= 4 is 15.9 Å².